The van der Waals surface area contributed by atoms with Crippen molar-refractivity contribution >= 4 is 23.4 Å². The van der Waals surface area contributed by atoms with E-state index in [0.29, 0.717) is 6.73 Å². The third kappa shape index (κ3) is 4.80. The van der Waals surface area contributed by atoms with Gasteiger partial charge in [0.1, 0.15) is 6.73 Å². The van der Waals surface area contributed by atoms with Crippen molar-refractivity contribution in [3.8, 4) is 0 Å². The molecule has 0 amide bonds. The predicted octanol–water partition coefficient (Wildman–Crippen LogP) is 4.10. The van der Waals surface area contributed by atoms with Gasteiger partial charge >= 0.3 is 5.97 Å². The maximum absolute atomic E-state index is 11.0. The summed E-state index contributed by atoms with van der Waals surface area (Å²) in [5.41, 5.74) is 3.89. The minimum absolute atomic E-state index is 0.220. The molecule has 0 radical (unpaired) electrons. The third-order valence-corrected chi connectivity index (χ3v) is 5.82. The number of ether oxygens (including phenoxy) is 1. The minimum atomic E-state index is -0.220. The molecule has 138 valence electrons. The Kier molecular flexibility index (Phi) is 6.22. The standard InChI is InChI=1S/C21H26N2O2S/c1-16-8-9-20(17(2)14-16)26-21-7-5-4-6-19(21)23-12-10-22(11-13-23)15-25-18(3)24/h4-9,14H,10-13,15H2,1-3H3. The quantitative estimate of drug-likeness (QED) is 0.740. The number of para-hydroxylation sites is 1. The van der Waals surface area contributed by atoms with E-state index in [2.05, 4.69) is 66.1 Å². The van der Waals surface area contributed by atoms with Gasteiger partial charge in [-0.2, -0.15) is 0 Å². The normalized spacial score (nSPS) is 15.1. The minimum Gasteiger partial charge on any atom is -0.450 e. The lowest BCUT2D eigenvalue weighted by Gasteiger charge is -2.36. The highest BCUT2D eigenvalue weighted by Gasteiger charge is 2.20. The van der Waals surface area contributed by atoms with E-state index in [4.69, 9.17) is 4.74 Å². The van der Waals surface area contributed by atoms with Crippen LogP contribution in [0.15, 0.2) is 52.3 Å². The topological polar surface area (TPSA) is 32.8 Å². The van der Waals surface area contributed by atoms with Crippen LogP contribution in [0.25, 0.3) is 0 Å². The number of esters is 1. The lowest BCUT2D eigenvalue weighted by Crippen LogP contribution is -2.47. The van der Waals surface area contributed by atoms with Gasteiger partial charge < -0.3 is 9.64 Å². The van der Waals surface area contributed by atoms with Crippen molar-refractivity contribution in [3.63, 3.8) is 0 Å². The van der Waals surface area contributed by atoms with E-state index in [1.54, 1.807) is 0 Å². The second kappa shape index (κ2) is 8.60. The lowest BCUT2D eigenvalue weighted by molar-refractivity contribution is -0.145. The Morgan fingerprint density at radius 2 is 1.77 bits per heavy atom. The highest BCUT2D eigenvalue weighted by Crippen LogP contribution is 2.37. The van der Waals surface area contributed by atoms with Gasteiger partial charge in [0, 0.05) is 42.9 Å². The average molecular weight is 371 g/mol. The van der Waals surface area contributed by atoms with E-state index < -0.39 is 0 Å². The van der Waals surface area contributed by atoms with Crippen molar-refractivity contribution in [2.45, 2.75) is 30.6 Å². The van der Waals surface area contributed by atoms with Crippen LogP contribution in [-0.4, -0.2) is 43.8 Å². The zero-order valence-electron chi connectivity index (χ0n) is 15.7. The molecule has 3 rings (SSSR count). The van der Waals surface area contributed by atoms with Crippen LogP contribution in [-0.2, 0) is 9.53 Å². The van der Waals surface area contributed by atoms with Crippen LogP contribution < -0.4 is 4.90 Å². The second-order valence-corrected chi connectivity index (χ2v) is 7.79. The molecule has 1 saturated heterocycles. The molecular weight excluding hydrogens is 344 g/mol. The van der Waals surface area contributed by atoms with Crippen molar-refractivity contribution in [2.24, 2.45) is 0 Å². The number of carbonyl (C=O) groups is 1. The van der Waals surface area contributed by atoms with Crippen molar-refractivity contribution in [3.05, 3.63) is 53.6 Å². The molecular formula is C21H26N2O2S. The first-order valence-electron chi connectivity index (χ1n) is 8.98. The number of carbonyl (C=O) groups excluding carboxylic acids is 1. The molecule has 26 heavy (non-hydrogen) atoms. The molecule has 2 aromatic rings. The van der Waals surface area contributed by atoms with Crippen LogP contribution in [0.2, 0.25) is 0 Å². The number of benzene rings is 2. The summed E-state index contributed by atoms with van der Waals surface area (Å²) in [6.45, 7) is 9.82. The Hall–Kier alpha value is -1.98. The molecule has 0 atom stereocenters. The maximum atomic E-state index is 11.0. The summed E-state index contributed by atoms with van der Waals surface area (Å²) in [5.74, 6) is -0.220. The van der Waals surface area contributed by atoms with Crippen molar-refractivity contribution in [2.75, 3.05) is 37.8 Å². The van der Waals surface area contributed by atoms with Gasteiger partial charge in [0.25, 0.3) is 0 Å². The smallest absolute Gasteiger partial charge is 0.303 e. The summed E-state index contributed by atoms with van der Waals surface area (Å²) in [6, 6.07) is 15.2. The first-order valence-corrected chi connectivity index (χ1v) is 9.79. The van der Waals surface area contributed by atoms with E-state index in [1.807, 2.05) is 11.8 Å². The van der Waals surface area contributed by atoms with Gasteiger partial charge in [-0.25, -0.2) is 0 Å². The first-order chi connectivity index (χ1) is 12.5. The highest BCUT2D eigenvalue weighted by atomic mass is 32.2. The molecule has 0 aliphatic carbocycles. The number of hydrogen-bond acceptors (Lipinski definition) is 5. The predicted molar refractivity (Wildman–Crippen MR) is 107 cm³/mol. The molecule has 0 spiro atoms. The summed E-state index contributed by atoms with van der Waals surface area (Å²) in [5, 5.41) is 0. The number of aryl methyl sites for hydroxylation is 2. The van der Waals surface area contributed by atoms with Crippen molar-refractivity contribution in [1.29, 1.82) is 0 Å². The molecule has 5 heteroatoms. The van der Waals surface area contributed by atoms with E-state index in [-0.39, 0.29) is 5.97 Å². The molecule has 0 aromatic heterocycles. The van der Waals surface area contributed by atoms with Gasteiger partial charge in [0.15, 0.2) is 0 Å². The first kappa shape index (κ1) is 18.8. The van der Waals surface area contributed by atoms with Crippen LogP contribution in [0, 0.1) is 13.8 Å². The molecule has 2 aromatic carbocycles. The van der Waals surface area contributed by atoms with Gasteiger partial charge in [-0.3, -0.25) is 9.69 Å². The number of anilines is 1. The van der Waals surface area contributed by atoms with E-state index in [0.717, 1.165) is 26.2 Å². The SMILES string of the molecule is CC(=O)OCN1CCN(c2ccccc2Sc2ccc(C)cc2C)CC1. The molecule has 0 unspecified atom stereocenters. The van der Waals surface area contributed by atoms with Crippen LogP contribution in [0.3, 0.4) is 0 Å². The van der Waals surface area contributed by atoms with E-state index in [1.165, 1.54) is 33.5 Å². The fourth-order valence-electron chi connectivity index (χ4n) is 3.14. The Balaban J connectivity index is 1.69. The molecule has 1 aliphatic rings. The average Bonchev–Trinajstić information content (AvgIpc) is 2.63. The maximum Gasteiger partial charge on any atom is 0.303 e. The van der Waals surface area contributed by atoms with Crippen LogP contribution in [0.4, 0.5) is 5.69 Å². The molecule has 1 aliphatic heterocycles. The third-order valence-electron chi connectivity index (χ3n) is 4.58. The van der Waals surface area contributed by atoms with Gasteiger partial charge in [-0.05, 0) is 37.6 Å². The monoisotopic (exact) mass is 370 g/mol. The lowest BCUT2D eigenvalue weighted by atomic mass is 10.2. The second-order valence-electron chi connectivity index (χ2n) is 6.71. The number of hydrogen-bond donors (Lipinski definition) is 0. The van der Waals surface area contributed by atoms with Gasteiger partial charge in [-0.15, -0.1) is 0 Å². The fourth-order valence-corrected chi connectivity index (χ4v) is 4.18. The molecule has 1 fully saturated rings. The zero-order valence-corrected chi connectivity index (χ0v) is 16.5. The Morgan fingerprint density at radius 3 is 2.46 bits per heavy atom. The van der Waals surface area contributed by atoms with Crippen LogP contribution in [0.1, 0.15) is 18.1 Å². The molecule has 0 saturated carbocycles. The number of rotatable bonds is 5. The summed E-state index contributed by atoms with van der Waals surface area (Å²) in [7, 11) is 0. The Bertz CT molecular complexity index is 770. The molecule has 1 heterocycles. The Morgan fingerprint density at radius 1 is 1.04 bits per heavy atom. The van der Waals surface area contributed by atoms with E-state index >= 15 is 0 Å². The van der Waals surface area contributed by atoms with Crippen LogP contribution in [0.5, 0.6) is 0 Å². The molecule has 0 N–H and O–H groups in total. The van der Waals surface area contributed by atoms with Gasteiger partial charge in [0.2, 0.25) is 0 Å². The number of nitrogens with zero attached hydrogens (tertiary/aromatic N) is 2. The number of piperazine rings is 1. The van der Waals surface area contributed by atoms with Gasteiger partial charge in [-0.1, -0.05) is 41.6 Å². The van der Waals surface area contributed by atoms with Crippen molar-refractivity contribution < 1.29 is 9.53 Å². The zero-order chi connectivity index (χ0) is 18.5. The molecule has 4 nitrogen and oxygen atoms in total. The summed E-state index contributed by atoms with van der Waals surface area (Å²) in [6.07, 6.45) is 0. The highest BCUT2D eigenvalue weighted by molar-refractivity contribution is 7.99. The largest absolute Gasteiger partial charge is 0.450 e. The molecule has 0 bridgehead atoms. The Labute approximate surface area is 160 Å². The fraction of sp³-hybridized carbons (Fsp3) is 0.381. The van der Waals surface area contributed by atoms with Crippen molar-refractivity contribution in [1.82, 2.24) is 4.90 Å². The summed E-state index contributed by atoms with van der Waals surface area (Å²) < 4.78 is 5.11. The summed E-state index contributed by atoms with van der Waals surface area (Å²) >= 11 is 1.83. The van der Waals surface area contributed by atoms with E-state index in [9.17, 15) is 4.79 Å². The van der Waals surface area contributed by atoms with Crippen LogP contribution >= 0.6 is 11.8 Å². The van der Waals surface area contributed by atoms with Gasteiger partial charge in [0.05, 0.1) is 5.69 Å². The summed E-state index contributed by atoms with van der Waals surface area (Å²) in [4.78, 5) is 18.2.